The summed E-state index contributed by atoms with van der Waals surface area (Å²) in [5, 5.41) is 2.74. The highest BCUT2D eigenvalue weighted by molar-refractivity contribution is 7.90. The Hall–Kier alpha value is -5.23. The molecule has 0 saturated carbocycles. The molecule has 2 N–H and O–H groups in total. The highest BCUT2D eigenvalue weighted by atomic mass is 32.2. The van der Waals surface area contributed by atoms with Crippen molar-refractivity contribution in [2.75, 3.05) is 20.3 Å². The first kappa shape index (κ1) is 30.7. The van der Waals surface area contributed by atoms with Crippen LogP contribution in [0.5, 0.6) is 11.5 Å². The third-order valence-corrected chi connectivity index (χ3v) is 7.42. The van der Waals surface area contributed by atoms with Crippen LogP contribution in [0.4, 0.5) is 0 Å². The Bertz CT molecular complexity index is 1640. The molecule has 0 radical (unpaired) electrons. The van der Waals surface area contributed by atoms with Gasteiger partial charge in [-0.3, -0.25) is 9.59 Å². The number of rotatable bonds is 13. The molecule has 1 aromatic heterocycles. The molecule has 0 atom stereocenters. The highest BCUT2D eigenvalue weighted by Crippen LogP contribution is 2.14. The number of amides is 2. The molecule has 43 heavy (non-hydrogen) atoms. The maximum atomic E-state index is 12.7. The van der Waals surface area contributed by atoms with Crippen molar-refractivity contribution in [2.24, 2.45) is 0 Å². The Balaban J connectivity index is 1.23. The van der Waals surface area contributed by atoms with Gasteiger partial charge in [-0.1, -0.05) is 42.5 Å². The van der Waals surface area contributed by atoms with Crippen LogP contribution in [0.15, 0.2) is 102 Å². The van der Waals surface area contributed by atoms with Crippen molar-refractivity contribution in [1.82, 2.24) is 15.0 Å². The fourth-order valence-corrected chi connectivity index (χ4v) is 4.71. The van der Waals surface area contributed by atoms with E-state index in [-0.39, 0.29) is 35.3 Å². The van der Waals surface area contributed by atoms with E-state index in [1.165, 1.54) is 24.3 Å². The molecule has 0 aliphatic carbocycles. The normalized spacial score (nSPS) is 10.8. The number of esters is 1. The van der Waals surface area contributed by atoms with E-state index in [0.717, 1.165) is 17.3 Å². The number of hydrogen-bond acceptors (Lipinski definition) is 9. The summed E-state index contributed by atoms with van der Waals surface area (Å²) in [7, 11) is -2.63. The monoisotopic (exact) mass is 603 g/mol. The van der Waals surface area contributed by atoms with Gasteiger partial charge in [0.1, 0.15) is 23.8 Å². The minimum atomic E-state index is -4.18. The van der Waals surface area contributed by atoms with Crippen LogP contribution >= 0.6 is 0 Å². The van der Waals surface area contributed by atoms with Gasteiger partial charge in [-0.2, -0.15) is 0 Å². The van der Waals surface area contributed by atoms with Crippen LogP contribution in [0.25, 0.3) is 0 Å². The number of carbonyl (C=O) groups excluding carboxylic acids is 3. The van der Waals surface area contributed by atoms with Gasteiger partial charge in [0, 0.05) is 12.7 Å². The Morgan fingerprint density at radius 3 is 2.16 bits per heavy atom. The molecule has 4 rings (SSSR count). The van der Waals surface area contributed by atoms with E-state index < -0.39 is 21.9 Å². The number of aromatic nitrogens is 1. The van der Waals surface area contributed by atoms with E-state index in [2.05, 4.69) is 10.3 Å². The first-order valence-electron chi connectivity index (χ1n) is 13.1. The molecule has 1 heterocycles. The van der Waals surface area contributed by atoms with E-state index in [4.69, 9.17) is 14.2 Å². The van der Waals surface area contributed by atoms with Gasteiger partial charge in [0.25, 0.3) is 21.8 Å². The van der Waals surface area contributed by atoms with Crippen LogP contribution in [0.3, 0.4) is 0 Å². The van der Waals surface area contributed by atoms with Crippen molar-refractivity contribution in [3.63, 3.8) is 0 Å². The standard InChI is InChI=1S/C31H29N3O8S/c1-40-25-12-7-23(8-13-25)20-42-31(37)28-16-11-24(19-33-28)30(36)34-43(38,39)27-14-9-22(10-15-27)17-18-32-29(35)21-41-26-5-3-2-4-6-26/h2-16,19H,17-18,20-21H2,1H3,(H,32,35)(H,34,36). The van der Waals surface area contributed by atoms with E-state index in [9.17, 15) is 22.8 Å². The minimum absolute atomic E-state index is 0.0160. The fourth-order valence-electron chi connectivity index (χ4n) is 3.73. The first-order valence-corrected chi connectivity index (χ1v) is 14.6. The van der Waals surface area contributed by atoms with Gasteiger partial charge in [0.2, 0.25) is 0 Å². The predicted octanol–water partition coefficient (Wildman–Crippen LogP) is 3.30. The maximum Gasteiger partial charge on any atom is 0.357 e. The third-order valence-electron chi connectivity index (χ3n) is 6.07. The van der Waals surface area contributed by atoms with Crippen molar-refractivity contribution in [1.29, 1.82) is 0 Å². The zero-order valence-corrected chi connectivity index (χ0v) is 24.0. The van der Waals surface area contributed by atoms with Gasteiger partial charge in [0.05, 0.1) is 17.6 Å². The number of pyridine rings is 1. The largest absolute Gasteiger partial charge is 0.497 e. The van der Waals surface area contributed by atoms with Gasteiger partial charge >= 0.3 is 5.97 Å². The number of methoxy groups -OCH3 is 1. The van der Waals surface area contributed by atoms with Gasteiger partial charge in [-0.25, -0.2) is 22.9 Å². The van der Waals surface area contributed by atoms with Crippen molar-refractivity contribution < 1.29 is 37.0 Å². The zero-order valence-electron chi connectivity index (χ0n) is 23.2. The Kier molecular flexibility index (Phi) is 10.4. The number of benzene rings is 3. The molecule has 4 aromatic rings. The molecule has 0 spiro atoms. The fraction of sp³-hybridized carbons (Fsp3) is 0.161. The third kappa shape index (κ3) is 9.13. The van der Waals surface area contributed by atoms with Gasteiger partial charge in [0.15, 0.2) is 6.61 Å². The van der Waals surface area contributed by atoms with Crippen LogP contribution in [-0.4, -0.2) is 51.4 Å². The second-order valence-electron chi connectivity index (χ2n) is 9.14. The predicted molar refractivity (Wildman–Crippen MR) is 156 cm³/mol. The van der Waals surface area contributed by atoms with Gasteiger partial charge in [-0.05, 0) is 66.1 Å². The SMILES string of the molecule is COc1ccc(COC(=O)c2ccc(C(=O)NS(=O)(=O)c3ccc(CCNC(=O)COc4ccccc4)cc3)cn2)cc1. The Morgan fingerprint density at radius 1 is 0.814 bits per heavy atom. The van der Waals surface area contributed by atoms with Crippen LogP contribution in [0.2, 0.25) is 0 Å². The molecule has 12 heteroatoms. The number of nitrogens with zero attached hydrogens (tertiary/aromatic N) is 1. The van der Waals surface area contributed by atoms with Crippen LogP contribution in [0, 0.1) is 0 Å². The molecule has 0 bridgehead atoms. The van der Waals surface area contributed by atoms with Crippen molar-refractivity contribution in [3.05, 3.63) is 120 Å². The lowest BCUT2D eigenvalue weighted by Gasteiger charge is -2.09. The summed E-state index contributed by atoms with van der Waals surface area (Å²) in [4.78, 5) is 40.7. The molecule has 3 aromatic carbocycles. The number of sulfonamides is 1. The Morgan fingerprint density at radius 2 is 1.51 bits per heavy atom. The molecule has 0 saturated heterocycles. The maximum absolute atomic E-state index is 12.7. The molecular formula is C31H29N3O8S. The number of ether oxygens (including phenoxy) is 3. The quantitative estimate of drug-likeness (QED) is 0.220. The van der Waals surface area contributed by atoms with E-state index in [0.29, 0.717) is 24.5 Å². The van der Waals surface area contributed by atoms with E-state index >= 15 is 0 Å². The molecule has 222 valence electrons. The number of nitrogens with one attached hydrogen (secondary N) is 2. The second-order valence-corrected chi connectivity index (χ2v) is 10.8. The van der Waals surface area contributed by atoms with Gasteiger partial charge < -0.3 is 19.5 Å². The average Bonchev–Trinajstić information content (AvgIpc) is 3.03. The molecule has 2 amide bonds. The number of carbonyl (C=O) groups is 3. The van der Waals surface area contributed by atoms with Crippen LogP contribution in [-0.2, 0) is 32.6 Å². The molecule has 11 nitrogen and oxygen atoms in total. The molecule has 0 aliphatic heterocycles. The number of hydrogen-bond donors (Lipinski definition) is 2. The average molecular weight is 604 g/mol. The first-order chi connectivity index (χ1) is 20.7. The summed E-state index contributed by atoms with van der Waals surface area (Å²) in [6, 6.07) is 24.4. The lowest BCUT2D eigenvalue weighted by Crippen LogP contribution is -2.31. The summed E-state index contributed by atoms with van der Waals surface area (Å²) in [5.41, 5.74) is 1.44. The summed E-state index contributed by atoms with van der Waals surface area (Å²) in [5.74, 6) is -0.617. The minimum Gasteiger partial charge on any atom is -0.497 e. The zero-order chi connectivity index (χ0) is 30.7. The molecule has 0 fully saturated rings. The lowest BCUT2D eigenvalue weighted by molar-refractivity contribution is -0.123. The molecular weight excluding hydrogens is 574 g/mol. The van der Waals surface area contributed by atoms with E-state index in [1.54, 1.807) is 55.6 Å². The topological polar surface area (TPSA) is 150 Å². The van der Waals surface area contributed by atoms with Crippen molar-refractivity contribution in [3.8, 4) is 11.5 Å². The second kappa shape index (κ2) is 14.6. The Labute approximate surface area is 248 Å². The van der Waals surface area contributed by atoms with Crippen LogP contribution in [0.1, 0.15) is 32.0 Å². The lowest BCUT2D eigenvalue weighted by atomic mass is 10.1. The molecule has 0 aliphatic rings. The summed E-state index contributed by atoms with van der Waals surface area (Å²) >= 11 is 0. The number of para-hydroxylation sites is 1. The molecule has 0 unspecified atom stereocenters. The van der Waals surface area contributed by atoms with Crippen molar-refractivity contribution >= 4 is 27.8 Å². The summed E-state index contributed by atoms with van der Waals surface area (Å²) < 4.78 is 43.2. The summed E-state index contributed by atoms with van der Waals surface area (Å²) in [6.45, 7) is 0.230. The summed E-state index contributed by atoms with van der Waals surface area (Å²) in [6.07, 6.45) is 1.56. The van der Waals surface area contributed by atoms with Crippen molar-refractivity contribution in [2.45, 2.75) is 17.9 Å². The smallest absolute Gasteiger partial charge is 0.357 e. The van der Waals surface area contributed by atoms with E-state index in [1.807, 2.05) is 22.9 Å². The van der Waals surface area contributed by atoms with Gasteiger partial charge in [-0.15, -0.1) is 0 Å². The highest BCUT2D eigenvalue weighted by Gasteiger charge is 2.20. The van der Waals surface area contributed by atoms with Crippen LogP contribution < -0.4 is 19.5 Å².